The molecule has 0 heterocycles. The first kappa shape index (κ1) is 9.42. The molecule has 2 unspecified atom stereocenters. The van der Waals surface area contributed by atoms with Gasteiger partial charge in [-0.1, -0.05) is 12.2 Å². The summed E-state index contributed by atoms with van der Waals surface area (Å²) in [6, 6.07) is 0. The lowest BCUT2D eigenvalue weighted by Crippen LogP contribution is -2.48. The topological polar surface area (TPSA) is 46.2 Å². The summed E-state index contributed by atoms with van der Waals surface area (Å²) in [6.07, 6.45) is 5.48. The Balaban J connectivity index is 2.77. The maximum Gasteiger partial charge on any atom is 0.105 e. The Morgan fingerprint density at radius 2 is 2.50 bits per heavy atom. The molecular formula is C9H14FNO. The zero-order valence-electron chi connectivity index (χ0n) is 7.13. The fraction of sp³-hybridized carbons (Fsp3) is 0.556. The Labute approximate surface area is 71.6 Å². The zero-order chi connectivity index (χ0) is 9.19. The van der Waals surface area contributed by atoms with E-state index in [1.54, 1.807) is 13.0 Å². The van der Waals surface area contributed by atoms with E-state index in [1.165, 1.54) is 6.08 Å². The molecule has 0 radical (unpaired) electrons. The van der Waals surface area contributed by atoms with Crippen molar-refractivity contribution in [3.05, 3.63) is 24.1 Å². The molecule has 3 N–H and O–H groups in total. The van der Waals surface area contributed by atoms with Crippen LogP contribution in [0.4, 0.5) is 4.39 Å². The van der Waals surface area contributed by atoms with Gasteiger partial charge in [0.15, 0.2) is 0 Å². The molecule has 68 valence electrons. The second kappa shape index (κ2) is 3.37. The molecule has 0 aliphatic heterocycles. The number of allylic oxidation sites excluding steroid dienone is 3. The van der Waals surface area contributed by atoms with E-state index in [-0.39, 0.29) is 18.4 Å². The van der Waals surface area contributed by atoms with Gasteiger partial charge >= 0.3 is 0 Å². The minimum absolute atomic E-state index is 0.202. The van der Waals surface area contributed by atoms with E-state index in [0.29, 0.717) is 6.42 Å². The third-order valence-corrected chi connectivity index (χ3v) is 2.23. The van der Waals surface area contributed by atoms with Crippen LogP contribution in [0.1, 0.15) is 13.3 Å². The summed E-state index contributed by atoms with van der Waals surface area (Å²) in [7, 11) is 0. The van der Waals surface area contributed by atoms with Gasteiger partial charge in [0.2, 0.25) is 0 Å². The summed E-state index contributed by atoms with van der Waals surface area (Å²) in [4.78, 5) is 0. The maximum atomic E-state index is 13.1. The average Bonchev–Trinajstić information content (AvgIpc) is 2.05. The van der Waals surface area contributed by atoms with Crippen molar-refractivity contribution in [2.24, 2.45) is 11.7 Å². The molecule has 1 aliphatic carbocycles. The second-order valence-electron chi connectivity index (χ2n) is 3.43. The lowest BCUT2D eigenvalue weighted by Gasteiger charge is -2.31. The van der Waals surface area contributed by atoms with Gasteiger partial charge in [-0.05, 0) is 19.4 Å². The van der Waals surface area contributed by atoms with E-state index in [9.17, 15) is 4.39 Å². The summed E-state index contributed by atoms with van der Waals surface area (Å²) in [5.41, 5.74) is 4.86. The first-order valence-corrected chi connectivity index (χ1v) is 4.00. The molecule has 0 fully saturated rings. The van der Waals surface area contributed by atoms with E-state index in [4.69, 9.17) is 10.8 Å². The third-order valence-electron chi connectivity index (χ3n) is 2.23. The minimum atomic E-state index is -0.856. The Bertz CT molecular complexity index is 221. The van der Waals surface area contributed by atoms with Crippen molar-refractivity contribution in [2.45, 2.75) is 18.9 Å². The van der Waals surface area contributed by atoms with Crippen LogP contribution in [0.2, 0.25) is 0 Å². The normalized spacial score (nSPS) is 28.0. The van der Waals surface area contributed by atoms with Gasteiger partial charge in [-0.3, -0.25) is 0 Å². The molecule has 1 aliphatic rings. The van der Waals surface area contributed by atoms with E-state index < -0.39 is 5.54 Å². The molecular weight excluding hydrogens is 157 g/mol. The molecule has 2 nitrogen and oxygen atoms in total. The second-order valence-corrected chi connectivity index (χ2v) is 3.43. The first-order chi connectivity index (χ1) is 5.58. The van der Waals surface area contributed by atoms with Crippen molar-refractivity contribution in [2.75, 3.05) is 6.61 Å². The van der Waals surface area contributed by atoms with Crippen LogP contribution < -0.4 is 5.73 Å². The molecule has 0 aromatic carbocycles. The van der Waals surface area contributed by atoms with Gasteiger partial charge < -0.3 is 10.8 Å². The first-order valence-electron chi connectivity index (χ1n) is 4.00. The van der Waals surface area contributed by atoms with Crippen molar-refractivity contribution in [3.63, 3.8) is 0 Å². The van der Waals surface area contributed by atoms with Crippen LogP contribution in [0.25, 0.3) is 0 Å². The Hall–Kier alpha value is -0.670. The average molecular weight is 171 g/mol. The number of hydrogen-bond donors (Lipinski definition) is 2. The van der Waals surface area contributed by atoms with Gasteiger partial charge in [0.05, 0.1) is 6.61 Å². The zero-order valence-corrected chi connectivity index (χ0v) is 7.13. The van der Waals surface area contributed by atoms with E-state index in [2.05, 4.69) is 0 Å². The number of aliphatic hydroxyl groups excluding tert-OH is 1. The molecule has 3 heteroatoms. The Kier molecular flexibility index (Phi) is 2.65. The summed E-state index contributed by atoms with van der Waals surface area (Å²) >= 11 is 0. The van der Waals surface area contributed by atoms with Crippen molar-refractivity contribution in [3.8, 4) is 0 Å². The van der Waals surface area contributed by atoms with Crippen molar-refractivity contribution < 1.29 is 9.50 Å². The van der Waals surface area contributed by atoms with Crippen LogP contribution in [0, 0.1) is 5.92 Å². The highest BCUT2D eigenvalue weighted by molar-refractivity contribution is 5.19. The highest BCUT2D eigenvalue weighted by Crippen LogP contribution is 2.29. The number of aliphatic hydroxyl groups is 1. The lowest BCUT2D eigenvalue weighted by molar-refractivity contribution is 0.157. The van der Waals surface area contributed by atoms with Crippen LogP contribution in [-0.4, -0.2) is 17.3 Å². The molecule has 0 spiro atoms. The van der Waals surface area contributed by atoms with Crippen LogP contribution in [0.5, 0.6) is 0 Å². The summed E-state index contributed by atoms with van der Waals surface area (Å²) in [5.74, 6) is -0.621. The minimum Gasteiger partial charge on any atom is -0.394 e. The van der Waals surface area contributed by atoms with Crippen LogP contribution in [0.3, 0.4) is 0 Å². The molecule has 1 rings (SSSR count). The van der Waals surface area contributed by atoms with E-state index in [0.717, 1.165) is 0 Å². The van der Waals surface area contributed by atoms with Gasteiger partial charge in [0.1, 0.15) is 5.83 Å². The van der Waals surface area contributed by atoms with Crippen molar-refractivity contribution in [1.29, 1.82) is 0 Å². The fourth-order valence-electron chi connectivity index (χ4n) is 1.30. The highest BCUT2D eigenvalue weighted by Gasteiger charge is 2.32. The van der Waals surface area contributed by atoms with Gasteiger partial charge in [-0.25, -0.2) is 4.39 Å². The summed E-state index contributed by atoms with van der Waals surface area (Å²) in [6.45, 7) is 1.46. The Morgan fingerprint density at radius 1 is 1.83 bits per heavy atom. The van der Waals surface area contributed by atoms with Crippen molar-refractivity contribution in [1.82, 2.24) is 0 Å². The lowest BCUT2D eigenvalue weighted by atomic mass is 9.82. The predicted molar refractivity (Wildman–Crippen MR) is 46.1 cm³/mol. The number of halogens is 1. The van der Waals surface area contributed by atoms with E-state index in [1.807, 2.05) is 6.08 Å². The summed E-state index contributed by atoms with van der Waals surface area (Å²) < 4.78 is 13.1. The third kappa shape index (κ3) is 1.73. The Morgan fingerprint density at radius 3 is 3.00 bits per heavy atom. The molecule has 12 heavy (non-hydrogen) atoms. The molecule has 0 saturated heterocycles. The van der Waals surface area contributed by atoms with Crippen LogP contribution in [0.15, 0.2) is 24.1 Å². The van der Waals surface area contributed by atoms with Gasteiger partial charge in [-0.2, -0.15) is 0 Å². The highest BCUT2D eigenvalue weighted by atomic mass is 19.1. The van der Waals surface area contributed by atoms with Gasteiger partial charge in [0.25, 0.3) is 0 Å². The largest absolute Gasteiger partial charge is 0.394 e. The number of rotatable bonds is 2. The molecule has 0 saturated carbocycles. The smallest absolute Gasteiger partial charge is 0.105 e. The summed E-state index contributed by atoms with van der Waals surface area (Å²) in [5, 5.41) is 8.92. The van der Waals surface area contributed by atoms with Gasteiger partial charge in [-0.15, -0.1) is 0 Å². The number of nitrogens with two attached hydrogens (primary N) is 1. The van der Waals surface area contributed by atoms with Crippen LogP contribution in [-0.2, 0) is 0 Å². The molecule has 0 aromatic rings. The molecule has 0 amide bonds. The quantitative estimate of drug-likeness (QED) is 0.654. The van der Waals surface area contributed by atoms with Gasteiger partial charge in [0, 0.05) is 11.5 Å². The maximum absolute atomic E-state index is 13.1. The monoisotopic (exact) mass is 171 g/mol. The molecule has 0 bridgehead atoms. The SMILES string of the molecule is CC(N)(CO)C1CC=CC=C1F. The van der Waals surface area contributed by atoms with Crippen molar-refractivity contribution >= 4 is 0 Å². The standard InChI is InChI=1S/C9H14FNO/c1-9(11,6-12)7-4-2-3-5-8(7)10/h2-3,5,7,12H,4,6,11H2,1H3. The predicted octanol–water partition coefficient (Wildman–Crippen LogP) is 1.13. The molecule has 0 aromatic heterocycles. The number of hydrogen-bond acceptors (Lipinski definition) is 2. The molecule has 2 atom stereocenters. The van der Waals surface area contributed by atoms with Crippen LogP contribution >= 0.6 is 0 Å². The van der Waals surface area contributed by atoms with E-state index >= 15 is 0 Å². The fourth-order valence-corrected chi connectivity index (χ4v) is 1.30.